The molecule has 0 bridgehead atoms. The van der Waals surface area contributed by atoms with Gasteiger partial charge in [0.2, 0.25) is 11.1 Å². The zero-order valence-electron chi connectivity index (χ0n) is 13.2. The van der Waals surface area contributed by atoms with Crippen molar-refractivity contribution in [2.75, 3.05) is 30.1 Å². The van der Waals surface area contributed by atoms with E-state index in [-0.39, 0.29) is 34.9 Å². The Kier molecular flexibility index (Phi) is 6.10. The van der Waals surface area contributed by atoms with Crippen LogP contribution in [0.4, 0.5) is 5.69 Å². The van der Waals surface area contributed by atoms with Crippen LogP contribution >= 0.6 is 24.2 Å². The molecule has 1 aromatic heterocycles. The SMILES string of the molecule is Cc1nnc(SCC(=O)Nc2ccc3c(c2)OCCO3)n(N)c1=O.Cl. The van der Waals surface area contributed by atoms with Crippen LogP contribution in [0.2, 0.25) is 0 Å². The molecule has 3 rings (SSSR count). The van der Waals surface area contributed by atoms with E-state index in [1.54, 1.807) is 18.2 Å². The minimum Gasteiger partial charge on any atom is -0.486 e. The molecule has 0 saturated heterocycles. The van der Waals surface area contributed by atoms with Gasteiger partial charge < -0.3 is 20.6 Å². The van der Waals surface area contributed by atoms with Gasteiger partial charge in [-0.2, -0.15) is 4.68 Å². The Morgan fingerprint density at radius 3 is 2.80 bits per heavy atom. The number of carbonyl (C=O) groups is 1. The van der Waals surface area contributed by atoms with Crippen LogP contribution in [-0.4, -0.2) is 39.7 Å². The molecule has 3 N–H and O–H groups in total. The number of nitrogens with two attached hydrogens (primary N) is 1. The van der Waals surface area contributed by atoms with Crippen molar-refractivity contribution in [1.82, 2.24) is 14.9 Å². The lowest BCUT2D eigenvalue weighted by Crippen LogP contribution is -2.32. The van der Waals surface area contributed by atoms with Gasteiger partial charge in [-0.15, -0.1) is 22.6 Å². The van der Waals surface area contributed by atoms with Crippen molar-refractivity contribution in [3.05, 3.63) is 34.2 Å². The summed E-state index contributed by atoms with van der Waals surface area (Å²) in [7, 11) is 0. The van der Waals surface area contributed by atoms with Crippen LogP contribution in [0.5, 0.6) is 11.5 Å². The van der Waals surface area contributed by atoms with E-state index in [4.69, 9.17) is 15.3 Å². The Balaban J connectivity index is 0.00000225. The summed E-state index contributed by atoms with van der Waals surface area (Å²) < 4.78 is 11.8. The number of nitrogen functional groups attached to an aromatic ring is 1. The number of rotatable bonds is 4. The molecule has 0 aliphatic carbocycles. The van der Waals surface area contributed by atoms with Gasteiger partial charge in [-0.05, 0) is 19.1 Å². The van der Waals surface area contributed by atoms with Crippen LogP contribution in [0, 0.1) is 6.92 Å². The molecule has 0 spiro atoms. The van der Waals surface area contributed by atoms with Crippen LogP contribution in [-0.2, 0) is 4.79 Å². The van der Waals surface area contributed by atoms with E-state index in [9.17, 15) is 9.59 Å². The van der Waals surface area contributed by atoms with Gasteiger partial charge in [0.25, 0.3) is 5.56 Å². The topological polar surface area (TPSA) is 121 Å². The number of thioether (sulfide) groups is 1. The van der Waals surface area contributed by atoms with Crippen LogP contribution in [0.25, 0.3) is 0 Å². The summed E-state index contributed by atoms with van der Waals surface area (Å²) in [6.07, 6.45) is 0. The minimum atomic E-state index is -0.445. The highest BCUT2D eigenvalue weighted by atomic mass is 35.5. The Morgan fingerprint density at radius 2 is 2.04 bits per heavy atom. The number of aromatic nitrogens is 3. The summed E-state index contributed by atoms with van der Waals surface area (Å²) >= 11 is 1.02. The number of hydrogen-bond acceptors (Lipinski definition) is 8. The average Bonchev–Trinajstić information content (AvgIpc) is 2.59. The van der Waals surface area contributed by atoms with Gasteiger partial charge in [0.05, 0.1) is 5.75 Å². The molecule has 1 aromatic carbocycles. The molecule has 134 valence electrons. The second kappa shape index (κ2) is 8.08. The number of halogens is 1. The first-order chi connectivity index (χ1) is 11.5. The summed E-state index contributed by atoms with van der Waals surface area (Å²) in [5.74, 6) is 6.61. The van der Waals surface area contributed by atoms with Gasteiger partial charge in [0.1, 0.15) is 18.9 Å². The molecule has 0 saturated carbocycles. The number of nitrogens with zero attached hydrogens (tertiary/aromatic N) is 3. The molecule has 0 unspecified atom stereocenters. The standard InChI is InChI=1S/C14H15N5O4S.ClH/c1-8-13(21)19(15)14(18-17-8)24-7-12(20)16-9-2-3-10-11(6-9)23-5-4-22-10;/h2-3,6H,4-5,7,15H2,1H3,(H,16,20);1H. The van der Waals surface area contributed by atoms with E-state index in [0.717, 1.165) is 16.4 Å². The normalized spacial score (nSPS) is 12.2. The van der Waals surface area contributed by atoms with Gasteiger partial charge in [-0.25, -0.2) is 0 Å². The molecule has 25 heavy (non-hydrogen) atoms. The maximum atomic E-state index is 12.0. The number of nitrogens with one attached hydrogen (secondary N) is 1. The van der Waals surface area contributed by atoms with Crippen LogP contribution in [0.15, 0.2) is 28.2 Å². The third kappa shape index (κ3) is 4.34. The number of aryl methyl sites for hydroxylation is 1. The van der Waals surface area contributed by atoms with Crippen molar-refractivity contribution >= 4 is 35.8 Å². The number of fused-ring (bicyclic) bond motifs is 1. The van der Waals surface area contributed by atoms with E-state index in [2.05, 4.69) is 15.5 Å². The molecule has 11 heteroatoms. The molecule has 0 radical (unpaired) electrons. The fraction of sp³-hybridized carbons (Fsp3) is 0.286. The molecule has 1 amide bonds. The molecule has 1 aliphatic heterocycles. The average molecular weight is 386 g/mol. The zero-order valence-corrected chi connectivity index (χ0v) is 14.9. The van der Waals surface area contributed by atoms with Gasteiger partial charge in [-0.1, -0.05) is 11.8 Å². The Bertz CT molecular complexity index is 844. The second-order valence-corrected chi connectivity index (χ2v) is 5.88. The predicted molar refractivity (Wildman–Crippen MR) is 95.2 cm³/mol. The molecular weight excluding hydrogens is 370 g/mol. The Labute approximate surface area is 153 Å². The van der Waals surface area contributed by atoms with E-state index < -0.39 is 5.56 Å². The summed E-state index contributed by atoms with van der Waals surface area (Å²) in [4.78, 5) is 23.7. The van der Waals surface area contributed by atoms with E-state index in [1.165, 1.54) is 6.92 Å². The van der Waals surface area contributed by atoms with Crippen molar-refractivity contribution < 1.29 is 14.3 Å². The third-order valence-electron chi connectivity index (χ3n) is 3.18. The van der Waals surface area contributed by atoms with Crippen molar-refractivity contribution in [2.45, 2.75) is 12.1 Å². The number of anilines is 1. The molecule has 0 atom stereocenters. The van der Waals surface area contributed by atoms with Gasteiger partial charge in [0, 0.05) is 11.8 Å². The first-order valence-corrected chi connectivity index (χ1v) is 8.07. The highest BCUT2D eigenvalue weighted by Crippen LogP contribution is 2.32. The maximum Gasteiger partial charge on any atom is 0.294 e. The second-order valence-electron chi connectivity index (χ2n) is 4.94. The number of benzene rings is 1. The lowest BCUT2D eigenvalue weighted by atomic mass is 10.2. The fourth-order valence-corrected chi connectivity index (χ4v) is 2.67. The molecule has 9 nitrogen and oxygen atoms in total. The van der Waals surface area contributed by atoms with Gasteiger partial charge in [0.15, 0.2) is 11.5 Å². The van der Waals surface area contributed by atoms with E-state index in [0.29, 0.717) is 30.4 Å². The molecular formula is C14H16ClN5O4S. The highest BCUT2D eigenvalue weighted by Gasteiger charge is 2.14. The first-order valence-electron chi connectivity index (χ1n) is 7.08. The van der Waals surface area contributed by atoms with Crippen molar-refractivity contribution in [3.8, 4) is 11.5 Å². The molecule has 1 aliphatic rings. The monoisotopic (exact) mass is 385 g/mol. The van der Waals surface area contributed by atoms with Crippen LogP contribution in [0.1, 0.15) is 5.69 Å². The highest BCUT2D eigenvalue weighted by molar-refractivity contribution is 7.99. The third-order valence-corrected chi connectivity index (χ3v) is 4.12. The lowest BCUT2D eigenvalue weighted by molar-refractivity contribution is -0.113. The molecule has 2 aromatic rings. The van der Waals surface area contributed by atoms with Gasteiger partial charge in [-0.3, -0.25) is 9.59 Å². The van der Waals surface area contributed by atoms with Crippen molar-refractivity contribution in [3.63, 3.8) is 0 Å². The minimum absolute atomic E-state index is 0. The smallest absolute Gasteiger partial charge is 0.294 e. The quantitative estimate of drug-likeness (QED) is 0.579. The fourth-order valence-electron chi connectivity index (χ4n) is 2.02. The van der Waals surface area contributed by atoms with Crippen molar-refractivity contribution in [2.24, 2.45) is 0 Å². The predicted octanol–water partition coefficient (Wildman–Crippen LogP) is 0.584. The number of hydrogen-bond donors (Lipinski definition) is 2. The summed E-state index contributed by atoms with van der Waals surface area (Å²) in [6.45, 7) is 2.50. The lowest BCUT2D eigenvalue weighted by Gasteiger charge is -2.19. The van der Waals surface area contributed by atoms with Crippen LogP contribution in [0.3, 0.4) is 0 Å². The molecule has 0 fully saturated rings. The maximum absolute atomic E-state index is 12.0. The number of amides is 1. The molecule has 2 heterocycles. The van der Waals surface area contributed by atoms with E-state index in [1.807, 2.05) is 0 Å². The van der Waals surface area contributed by atoms with Gasteiger partial charge >= 0.3 is 0 Å². The first kappa shape index (κ1) is 18.9. The Hall–Kier alpha value is -2.46. The largest absolute Gasteiger partial charge is 0.486 e. The van der Waals surface area contributed by atoms with Crippen molar-refractivity contribution in [1.29, 1.82) is 0 Å². The van der Waals surface area contributed by atoms with E-state index >= 15 is 0 Å². The van der Waals surface area contributed by atoms with Crippen LogP contribution < -0.4 is 26.2 Å². The summed E-state index contributed by atoms with van der Waals surface area (Å²) in [6, 6.07) is 5.16. The Morgan fingerprint density at radius 1 is 1.32 bits per heavy atom. The number of carbonyl (C=O) groups excluding carboxylic acids is 1. The number of ether oxygens (including phenoxy) is 2. The summed E-state index contributed by atoms with van der Waals surface area (Å²) in [5.41, 5.74) is 0.340. The zero-order chi connectivity index (χ0) is 17.1. The summed E-state index contributed by atoms with van der Waals surface area (Å²) in [5, 5.41) is 10.4.